The lowest BCUT2D eigenvalue weighted by molar-refractivity contribution is 0.0696. The maximum atomic E-state index is 11.4. The summed E-state index contributed by atoms with van der Waals surface area (Å²) in [4.78, 5) is 24.8. The van der Waals surface area contributed by atoms with Crippen LogP contribution in [0.4, 0.5) is 5.82 Å². The van der Waals surface area contributed by atoms with Gasteiger partial charge in [0.15, 0.2) is 5.65 Å². The predicted octanol–water partition coefficient (Wildman–Crippen LogP) is 4.11. The lowest BCUT2D eigenvalue weighted by atomic mass is 10.1. The minimum atomic E-state index is -1.05. The molecule has 8 nitrogen and oxygen atoms in total. The molecule has 0 spiro atoms. The number of carboxylic acid groups (broad SMARTS) is 1. The number of rotatable bonds is 4. The summed E-state index contributed by atoms with van der Waals surface area (Å²) in [6.45, 7) is 1.82. The van der Waals surface area contributed by atoms with Crippen molar-refractivity contribution in [2.75, 3.05) is 5.73 Å². The van der Waals surface area contributed by atoms with Gasteiger partial charge in [-0.3, -0.25) is 9.97 Å². The third kappa shape index (κ3) is 3.24. The molecule has 4 heterocycles. The second-order valence-electron chi connectivity index (χ2n) is 7.33. The maximum Gasteiger partial charge on any atom is 0.337 e. The van der Waals surface area contributed by atoms with E-state index >= 15 is 0 Å². The van der Waals surface area contributed by atoms with Gasteiger partial charge in [0.2, 0.25) is 0 Å². The molecular formula is C24H18N6O2. The summed E-state index contributed by atoms with van der Waals surface area (Å²) in [6, 6.07) is 15.4. The Bertz CT molecular complexity index is 1460. The maximum absolute atomic E-state index is 11.4. The summed E-state index contributed by atoms with van der Waals surface area (Å²) < 4.78 is 1.58. The molecule has 0 saturated carbocycles. The van der Waals surface area contributed by atoms with Crippen LogP contribution in [-0.4, -0.2) is 35.6 Å². The average Bonchev–Trinajstić information content (AvgIpc) is 3.26. The van der Waals surface area contributed by atoms with Crippen molar-refractivity contribution in [3.05, 3.63) is 84.4 Å². The lowest BCUT2D eigenvalue weighted by Gasteiger charge is -2.11. The molecular weight excluding hydrogens is 404 g/mol. The normalized spacial score (nSPS) is 11.0. The van der Waals surface area contributed by atoms with Gasteiger partial charge in [0, 0.05) is 46.4 Å². The molecule has 32 heavy (non-hydrogen) atoms. The number of pyridine rings is 2. The average molecular weight is 422 g/mol. The Morgan fingerprint density at radius 3 is 2.50 bits per heavy atom. The van der Waals surface area contributed by atoms with Crippen LogP contribution < -0.4 is 5.73 Å². The van der Waals surface area contributed by atoms with Crippen molar-refractivity contribution in [2.45, 2.75) is 6.92 Å². The van der Waals surface area contributed by atoms with E-state index in [1.807, 2.05) is 49.4 Å². The minimum absolute atomic E-state index is 0.0802. The summed E-state index contributed by atoms with van der Waals surface area (Å²) in [5.41, 5.74) is 12.3. The molecule has 3 N–H and O–H groups in total. The van der Waals surface area contributed by atoms with Crippen LogP contribution in [-0.2, 0) is 0 Å². The van der Waals surface area contributed by atoms with Crippen molar-refractivity contribution in [3.63, 3.8) is 0 Å². The molecule has 0 fully saturated rings. The van der Waals surface area contributed by atoms with Crippen molar-refractivity contribution in [1.29, 1.82) is 0 Å². The molecule has 0 amide bonds. The topological polar surface area (TPSA) is 119 Å². The second kappa shape index (κ2) is 7.59. The van der Waals surface area contributed by atoms with Gasteiger partial charge in [-0.25, -0.2) is 9.78 Å². The van der Waals surface area contributed by atoms with Crippen LogP contribution in [0.1, 0.15) is 15.9 Å². The number of aromatic nitrogens is 5. The number of nitrogens with two attached hydrogens (primary N) is 1. The Morgan fingerprint density at radius 2 is 1.78 bits per heavy atom. The number of aromatic carboxylic acids is 1. The van der Waals surface area contributed by atoms with Gasteiger partial charge in [-0.2, -0.15) is 9.61 Å². The first kappa shape index (κ1) is 19.4. The zero-order valence-electron chi connectivity index (χ0n) is 17.1. The Hall–Kier alpha value is -4.59. The highest BCUT2D eigenvalue weighted by molar-refractivity contribution is 5.89. The van der Waals surface area contributed by atoms with Gasteiger partial charge in [0.25, 0.3) is 0 Å². The Kier molecular flexibility index (Phi) is 4.59. The van der Waals surface area contributed by atoms with Crippen LogP contribution in [0, 0.1) is 6.92 Å². The number of hydrogen-bond donors (Lipinski definition) is 2. The van der Waals surface area contributed by atoms with Crippen molar-refractivity contribution in [2.24, 2.45) is 0 Å². The molecule has 1 aromatic carbocycles. The van der Waals surface area contributed by atoms with Crippen LogP contribution in [0.25, 0.3) is 39.3 Å². The van der Waals surface area contributed by atoms with E-state index in [1.54, 1.807) is 23.1 Å². The van der Waals surface area contributed by atoms with Gasteiger partial charge in [0.05, 0.1) is 23.1 Å². The predicted molar refractivity (Wildman–Crippen MR) is 121 cm³/mol. The summed E-state index contributed by atoms with van der Waals surface area (Å²) in [6.07, 6.45) is 6.35. The van der Waals surface area contributed by atoms with Crippen LogP contribution >= 0.6 is 0 Å². The number of nitrogens with zero attached hydrogens (tertiary/aromatic N) is 5. The highest BCUT2D eigenvalue weighted by Crippen LogP contribution is 2.31. The third-order valence-corrected chi connectivity index (χ3v) is 5.33. The zero-order chi connectivity index (χ0) is 22.2. The van der Waals surface area contributed by atoms with E-state index in [9.17, 15) is 9.90 Å². The first-order valence-corrected chi connectivity index (χ1v) is 9.87. The van der Waals surface area contributed by atoms with Gasteiger partial charge in [-0.05, 0) is 19.1 Å². The van der Waals surface area contributed by atoms with E-state index in [4.69, 9.17) is 10.7 Å². The van der Waals surface area contributed by atoms with Gasteiger partial charge in [0.1, 0.15) is 5.82 Å². The molecule has 0 bridgehead atoms. The number of carbonyl (C=O) groups is 1. The summed E-state index contributed by atoms with van der Waals surface area (Å²) in [5.74, 6) is -0.633. The highest BCUT2D eigenvalue weighted by Gasteiger charge is 2.18. The molecule has 5 aromatic rings. The largest absolute Gasteiger partial charge is 0.478 e. The molecule has 156 valence electrons. The second-order valence-corrected chi connectivity index (χ2v) is 7.33. The first-order valence-electron chi connectivity index (χ1n) is 9.87. The van der Waals surface area contributed by atoms with E-state index < -0.39 is 5.97 Å². The van der Waals surface area contributed by atoms with Crippen LogP contribution in [0.5, 0.6) is 0 Å². The van der Waals surface area contributed by atoms with Crippen LogP contribution in [0.15, 0.2) is 73.3 Å². The lowest BCUT2D eigenvalue weighted by Crippen LogP contribution is -2.06. The summed E-state index contributed by atoms with van der Waals surface area (Å²) in [5, 5.41) is 13.7. The van der Waals surface area contributed by atoms with Gasteiger partial charge in [-0.15, -0.1) is 0 Å². The molecule has 0 aliphatic rings. The molecule has 0 aliphatic carbocycles. The Balaban J connectivity index is 1.63. The third-order valence-electron chi connectivity index (χ3n) is 5.33. The van der Waals surface area contributed by atoms with Crippen LogP contribution in [0.2, 0.25) is 0 Å². The van der Waals surface area contributed by atoms with Crippen molar-refractivity contribution in [1.82, 2.24) is 24.6 Å². The van der Waals surface area contributed by atoms with E-state index in [0.29, 0.717) is 28.3 Å². The fourth-order valence-corrected chi connectivity index (χ4v) is 3.60. The fraction of sp³-hybridized carbons (Fsp3) is 0.0417. The monoisotopic (exact) mass is 422 g/mol. The molecule has 0 radical (unpaired) electrons. The van der Waals surface area contributed by atoms with Gasteiger partial charge < -0.3 is 10.8 Å². The number of hydrogen-bond acceptors (Lipinski definition) is 6. The summed E-state index contributed by atoms with van der Waals surface area (Å²) >= 11 is 0. The van der Waals surface area contributed by atoms with Gasteiger partial charge in [-0.1, -0.05) is 36.4 Å². The fourth-order valence-electron chi connectivity index (χ4n) is 3.60. The smallest absolute Gasteiger partial charge is 0.337 e. The van der Waals surface area contributed by atoms with E-state index in [1.165, 1.54) is 12.3 Å². The van der Waals surface area contributed by atoms with E-state index in [2.05, 4.69) is 15.1 Å². The van der Waals surface area contributed by atoms with Crippen molar-refractivity contribution in [3.8, 4) is 33.6 Å². The molecule has 0 aliphatic heterocycles. The summed E-state index contributed by atoms with van der Waals surface area (Å²) in [7, 11) is 0. The van der Waals surface area contributed by atoms with Crippen molar-refractivity contribution < 1.29 is 9.90 Å². The van der Waals surface area contributed by atoms with Gasteiger partial charge >= 0.3 is 5.97 Å². The molecule has 4 aromatic heterocycles. The molecule has 0 unspecified atom stereocenters. The Morgan fingerprint density at radius 1 is 0.969 bits per heavy atom. The van der Waals surface area contributed by atoms with Crippen LogP contribution in [0.3, 0.4) is 0 Å². The van der Waals surface area contributed by atoms with E-state index in [0.717, 1.165) is 22.4 Å². The number of benzene rings is 1. The number of nitrogen functional groups attached to an aromatic ring is 1. The van der Waals surface area contributed by atoms with E-state index in [-0.39, 0.29) is 5.56 Å². The number of carboxylic acids is 1. The molecule has 0 saturated heterocycles. The number of fused-ring (bicyclic) bond motifs is 1. The first-order chi connectivity index (χ1) is 15.5. The van der Waals surface area contributed by atoms with Crippen molar-refractivity contribution >= 4 is 17.4 Å². The molecule has 8 heteroatoms. The molecule has 5 rings (SSSR count). The zero-order valence-corrected chi connectivity index (χ0v) is 17.1. The number of anilines is 1. The minimum Gasteiger partial charge on any atom is -0.478 e. The standard InChI is InChI=1S/C24H18N6O2/c1-14-21(17-9-18(24(31)32)11-26-10-17)29-23-19(13-28-30(23)22(14)25)16-7-8-20(27-12-16)15-5-3-2-4-6-15/h2-13H,25H2,1H3,(H,31,32). The quantitative estimate of drug-likeness (QED) is 0.447. The molecule has 0 atom stereocenters. The SMILES string of the molecule is Cc1c(-c2cncc(C(=O)O)c2)nc2c(-c3ccc(-c4ccccc4)nc3)cnn2c1N. The Labute approximate surface area is 183 Å². The highest BCUT2D eigenvalue weighted by atomic mass is 16.4.